The second kappa shape index (κ2) is 14.9. The number of allylic oxidation sites excluding steroid dienone is 1. The summed E-state index contributed by atoms with van der Waals surface area (Å²) in [5, 5.41) is 15.3. The van der Waals surface area contributed by atoms with Gasteiger partial charge in [0.1, 0.15) is 23.7 Å². The number of sulfonamides is 1. The van der Waals surface area contributed by atoms with Gasteiger partial charge in [0, 0.05) is 23.9 Å². The van der Waals surface area contributed by atoms with Gasteiger partial charge in [0.25, 0.3) is 5.91 Å². The van der Waals surface area contributed by atoms with E-state index in [-0.39, 0.29) is 43.5 Å². The van der Waals surface area contributed by atoms with Crippen molar-refractivity contribution in [2.75, 3.05) is 13.2 Å². The average molecular weight is 744 g/mol. The van der Waals surface area contributed by atoms with Crippen molar-refractivity contribution in [3.63, 3.8) is 0 Å². The maximum Gasteiger partial charge on any atom is 0.405 e. The quantitative estimate of drug-likeness (QED) is 0.276. The third kappa shape index (κ3) is 7.81. The van der Waals surface area contributed by atoms with Crippen LogP contribution in [0.4, 0.5) is 9.18 Å². The molecule has 16 heteroatoms. The van der Waals surface area contributed by atoms with Gasteiger partial charge in [0.15, 0.2) is 11.6 Å². The molecule has 3 fully saturated rings. The third-order valence-corrected chi connectivity index (χ3v) is 12.4. The van der Waals surface area contributed by atoms with Crippen LogP contribution in [0.25, 0.3) is 10.8 Å². The van der Waals surface area contributed by atoms with Crippen molar-refractivity contribution in [3.05, 3.63) is 42.4 Å². The molecule has 0 spiro atoms. The van der Waals surface area contributed by atoms with Crippen LogP contribution in [-0.4, -0.2) is 89.4 Å². The predicted molar refractivity (Wildman–Crippen MR) is 187 cm³/mol. The van der Waals surface area contributed by atoms with Crippen LogP contribution in [-0.2, 0) is 24.4 Å². The van der Waals surface area contributed by atoms with E-state index in [2.05, 4.69) is 20.3 Å². The summed E-state index contributed by atoms with van der Waals surface area (Å²) in [5.74, 6) is -3.44. The number of benzene rings is 1. The molecule has 2 aliphatic carbocycles. The van der Waals surface area contributed by atoms with E-state index in [1.807, 2.05) is 26.0 Å². The Bertz CT molecular complexity index is 1870. The van der Waals surface area contributed by atoms with E-state index in [4.69, 9.17) is 9.47 Å². The molecule has 4 N–H and O–H groups in total. The number of ether oxygens (including phenoxy) is 2. The summed E-state index contributed by atoms with van der Waals surface area (Å²) < 4.78 is 54.4. The number of hydrogen-bond acceptors (Lipinski definition) is 9. The summed E-state index contributed by atoms with van der Waals surface area (Å²) in [6.07, 6.45) is 6.36. The monoisotopic (exact) mass is 743 g/mol. The molecule has 14 nitrogen and oxygen atoms in total. The Morgan fingerprint density at radius 2 is 1.94 bits per heavy atom. The first-order valence-electron chi connectivity index (χ1n) is 18.0. The molecule has 4 amide bonds. The average Bonchev–Trinajstić information content (AvgIpc) is 4.02. The Morgan fingerprint density at radius 1 is 1.17 bits per heavy atom. The summed E-state index contributed by atoms with van der Waals surface area (Å²) in [7, 11) is -3.93. The Morgan fingerprint density at radius 3 is 2.63 bits per heavy atom. The van der Waals surface area contributed by atoms with Gasteiger partial charge < -0.3 is 30.1 Å². The number of carbonyl (C=O) groups is 4. The van der Waals surface area contributed by atoms with Crippen LogP contribution in [0, 0.1) is 23.6 Å². The van der Waals surface area contributed by atoms with Crippen molar-refractivity contribution >= 4 is 44.6 Å². The maximum atomic E-state index is 15.0. The molecule has 7 atom stereocenters. The highest BCUT2D eigenvalue weighted by Crippen LogP contribution is 2.46. The number of aromatic nitrogens is 1. The Kier molecular flexibility index (Phi) is 10.7. The van der Waals surface area contributed by atoms with Crippen LogP contribution >= 0.6 is 0 Å². The molecule has 0 unspecified atom stereocenters. The first kappa shape index (κ1) is 37.3. The van der Waals surface area contributed by atoms with E-state index >= 15 is 0 Å². The third-order valence-electron chi connectivity index (χ3n) is 10.6. The van der Waals surface area contributed by atoms with Crippen molar-refractivity contribution in [2.45, 2.75) is 101 Å². The van der Waals surface area contributed by atoms with Gasteiger partial charge >= 0.3 is 6.09 Å². The molecule has 1 aromatic carbocycles. The van der Waals surface area contributed by atoms with E-state index in [0.717, 1.165) is 6.42 Å². The van der Waals surface area contributed by atoms with E-state index in [1.54, 1.807) is 13.0 Å². The molecule has 4 aliphatic rings. The Labute approximate surface area is 301 Å². The smallest absolute Gasteiger partial charge is 0.405 e. The first-order valence-corrected chi connectivity index (χ1v) is 19.5. The second-order valence-electron chi connectivity index (χ2n) is 14.4. The molecule has 1 saturated heterocycles. The molecular weight excluding hydrogens is 697 g/mol. The molecule has 0 bridgehead atoms. The highest BCUT2D eigenvalue weighted by atomic mass is 32.2. The molecule has 0 radical (unpaired) electrons. The van der Waals surface area contributed by atoms with Gasteiger partial charge in [-0.25, -0.2) is 22.6 Å². The molecule has 2 aromatic rings. The van der Waals surface area contributed by atoms with Gasteiger partial charge in [-0.05, 0) is 80.9 Å². The number of hydrogen-bond donors (Lipinski definition) is 4. The predicted octanol–water partition coefficient (Wildman–Crippen LogP) is 3.64. The lowest BCUT2D eigenvalue weighted by atomic mass is 9.85. The Balaban J connectivity index is 1.35. The molecular formula is C36H46FN5O9S. The van der Waals surface area contributed by atoms with Gasteiger partial charge in [0.2, 0.25) is 27.7 Å². The van der Waals surface area contributed by atoms with Crippen molar-refractivity contribution < 1.29 is 46.6 Å². The van der Waals surface area contributed by atoms with Gasteiger partial charge in [0.05, 0.1) is 18.4 Å². The molecule has 2 aliphatic heterocycles. The number of halogens is 1. The van der Waals surface area contributed by atoms with E-state index in [0.29, 0.717) is 42.9 Å². The largest absolute Gasteiger partial charge is 0.491 e. The van der Waals surface area contributed by atoms with Gasteiger partial charge in [-0.15, -0.1) is 0 Å². The first-order chi connectivity index (χ1) is 24.8. The lowest BCUT2D eigenvalue weighted by Gasteiger charge is -2.33. The second-order valence-corrected chi connectivity index (χ2v) is 16.4. The number of fused-ring (bicyclic) bond motifs is 3. The SMILES string of the molecule is CCOc1cc2ccnc(O[C@@H]3C[C@H]4C(=O)N[C@]5(C(=O)NS(=O)(=O)C6CC6)C[C@H]5C=CCC[C@@H](C)C[C@@H](CC)[C@H](NC(=O)O)C(=O)N4C3)c2cc1F. The Hall–Kier alpha value is -4.47. The number of nitrogens with one attached hydrogen (secondary N) is 3. The van der Waals surface area contributed by atoms with E-state index < -0.39 is 80.5 Å². The summed E-state index contributed by atoms with van der Waals surface area (Å²) in [5.41, 5.74) is -1.56. The lowest BCUT2D eigenvalue weighted by molar-refractivity contribution is -0.142. The zero-order valence-electron chi connectivity index (χ0n) is 29.5. The molecule has 6 rings (SSSR count). The molecule has 3 heterocycles. The highest BCUT2D eigenvalue weighted by Gasteiger charge is 2.62. The van der Waals surface area contributed by atoms with Crippen molar-refractivity contribution in [2.24, 2.45) is 17.8 Å². The summed E-state index contributed by atoms with van der Waals surface area (Å²) >= 11 is 0. The fraction of sp³-hybridized carbons (Fsp3) is 0.583. The maximum absolute atomic E-state index is 15.0. The molecule has 52 heavy (non-hydrogen) atoms. The number of pyridine rings is 1. The number of rotatable bonds is 9. The van der Waals surface area contributed by atoms with Crippen LogP contribution in [0.1, 0.15) is 72.1 Å². The number of amides is 4. The fourth-order valence-corrected chi connectivity index (χ4v) is 8.88. The van der Waals surface area contributed by atoms with Crippen LogP contribution in [0.15, 0.2) is 36.5 Å². The minimum absolute atomic E-state index is 0.0639. The summed E-state index contributed by atoms with van der Waals surface area (Å²) in [6.45, 7) is 5.77. The minimum atomic E-state index is -3.93. The van der Waals surface area contributed by atoms with Crippen LogP contribution in [0.3, 0.4) is 0 Å². The van der Waals surface area contributed by atoms with E-state index in [1.165, 1.54) is 23.2 Å². The topological polar surface area (TPSA) is 193 Å². The minimum Gasteiger partial charge on any atom is -0.491 e. The zero-order chi connectivity index (χ0) is 37.4. The zero-order valence-corrected chi connectivity index (χ0v) is 30.3. The number of nitrogens with zero attached hydrogens (tertiary/aromatic N) is 2. The van der Waals surface area contributed by atoms with E-state index in [9.17, 15) is 37.1 Å². The van der Waals surface area contributed by atoms with Gasteiger partial charge in [-0.1, -0.05) is 32.4 Å². The summed E-state index contributed by atoms with van der Waals surface area (Å²) in [6, 6.07) is 2.04. The number of carboxylic acid groups (broad SMARTS) is 1. The number of carbonyl (C=O) groups excluding carboxylic acids is 3. The highest BCUT2D eigenvalue weighted by molar-refractivity contribution is 7.91. The van der Waals surface area contributed by atoms with Gasteiger partial charge in [-0.2, -0.15) is 0 Å². The van der Waals surface area contributed by atoms with Crippen LogP contribution in [0.2, 0.25) is 0 Å². The van der Waals surface area contributed by atoms with Crippen molar-refractivity contribution in [1.29, 1.82) is 0 Å². The van der Waals surface area contributed by atoms with Crippen LogP contribution < -0.4 is 24.8 Å². The fourth-order valence-electron chi connectivity index (χ4n) is 7.51. The van der Waals surface area contributed by atoms with Crippen molar-refractivity contribution in [3.8, 4) is 11.6 Å². The normalized spacial score (nSPS) is 29.6. The standard InChI is InChI=1S/C36H46FN5O9S/c1-4-21-14-20(3)8-6-7-9-23-18-36(23,34(45)41-52(48,49)25-10-11-25)40-31(43)28-16-24(19-42(28)33(44)30(21)39-35(46)47)51-32-26-17-27(37)29(50-5-2)15-22(26)12-13-38-32/h7,9,12-13,15,17,20-21,23-25,28,30,39H,4-6,8,10-11,14,16,18-19H2,1-3H3,(H,40,43)(H,41,45)(H,46,47)/t20-,21-,23-,24-,28+,30+,36-/m1/s1. The molecule has 1 aromatic heterocycles. The summed E-state index contributed by atoms with van der Waals surface area (Å²) in [4.78, 5) is 60.1. The lowest BCUT2D eigenvalue weighted by Crippen LogP contribution is -2.59. The van der Waals surface area contributed by atoms with Crippen LogP contribution in [0.5, 0.6) is 11.6 Å². The van der Waals surface area contributed by atoms with Crippen molar-refractivity contribution in [1.82, 2.24) is 25.2 Å². The molecule has 2 saturated carbocycles. The molecule has 282 valence electrons. The van der Waals surface area contributed by atoms with Gasteiger partial charge in [-0.3, -0.25) is 19.1 Å².